The Kier molecular flexibility index (Phi) is 91.4. The van der Waals surface area contributed by atoms with E-state index in [2.05, 4.69) is 13.8 Å². The van der Waals surface area contributed by atoms with Crippen LogP contribution in [0.3, 0.4) is 0 Å². The maximum atomic E-state index is 9.16. The maximum absolute atomic E-state index is 9.16. The van der Waals surface area contributed by atoms with E-state index in [1.807, 2.05) is 13.0 Å². The molecule has 0 aromatic rings. The van der Waals surface area contributed by atoms with E-state index < -0.39 is 0 Å². The third-order valence-corrected chi connectivity index (χ3v) is 0.554. The second kappa shape index (κ2) is 50.0. The van der Waals surface area contributed by atoms with Gasteiger partial charge in [0.05, 0.1) is 12.5 Å². The summed E-state index contributed by atoms with van der Waals surface area (Å²) in [6.07, 6.45) is 9.58. The molecule has 0 saturated carbocycles. The number of carbonyl (C=O) groups excluding carboxylic acids is 1. The van der Waals surface area contributed by atoms with Gasteiger partial charge in [-0.1, -0.05) is 47.3 Å². The zero-order valence-electron chi connectivity index (χ0n) is 9.05. The lowest BCUT2D eigenvalue weighted by Gasteiger charge is -1.63. The molecule has 0 fully saturated rings. The van der Waals surface area contributed by atoms with E-state index in [4.69, 9.17) is 15.0 Å². The fourth-order valence-electron chi connectivity index (χ4n) is 0.196. The van der Waals surface area contributed by atoms with Gasteiger partial charge < -0.3 is 10.2 Å². The Balaban J connectivity index is -0.0000000373. The van der Waals surface area contributed by atoms with E-state index in [-0.39, 0.29) is 14.9 Å². The molecule has 98 valence electrons. The topological polar surface area (TPSA) is 57.5 Å². The summed E-state index contributed by atoms with van der Waals surface area (Å²) in [5.41, 5.74) is 0. The fourth-order valence-corrected chi connectivity index (χ4v) is 0.196. The van der Waals surface area contributed by atoms with Gasteiger partial charge in [0.2, 0.25) is 0 Å². The number of hydrogen-bond acceptors (Lipinski definition) is 3. The normalized spacial score (nSPS) is 8.19. The standard InChI is InChI=1S/C5H8O.C3H4O2.C3H8.2CH4/c1-2-3-4-5-6;4-2-1-3-5;1-3-2;;/h2-6H,1H3;1-4H;3H2,1-2H3;2*1H4/b3-2+,5-4-;2-1-;;;. The van der Waals surface area contributed by atoms with Crippen molar-refractivity contribution < 1.29 is 15.0 Å². The molecule has 2 N–H and O–H groups in total. The first-order chi connectivity index (χ1) is 6.74. The largest absolute Gasteiger partial charge is 0.516 e. The van der Waals surface area contributed by atoms with Crippen LogP contribution >= 0.6 is 0 Å². The van der Waals surface area contributed by atoms with Crippen molar-refractivity contribution in [2.75, 3.05) is 0 Å². The van der Waals surface area contributed by atoms with Crippen molar-refractivity contribution in [2.45, 2.75) is 42.0 Å². The average Bonchev–Trinajstić information content (AvgIpc) is 2.18. The molecular weight excluding hydrogens is 204 g/mol. The van der Waals surface area contributed by atoms with Crippen LogP contribution in [-0.2, 0) is 4.79 Å². The summed E-state index contributed by atoms with van der Waals surface area (Å²) in [7, 11) is 0. The predicted octanol–water partition coefficient (Wildman–Crippen LogP) is 4.58. The number of aliphatic hydroxyl groups excluding tert-OH is 2. The van der Waals surface area contributed by atoms with Crippen LogP contribution in [-0.4, -0.2) is 16.5 Å². The predicted molar refractivity (Wildman–Crippen MR) is 73.8 cm³/mol. The van der Waals surface area contributed by atoms with Crippen molar-refractivity contribution >= 4 is 6.29 Å². The molecule has 3 heteroatoms. The fraction of sp³-hybridized carbons (Fsp3) is 0.462. The van der Waals surface area contributed by atoms with Crippen molar-refractivity contribution in [1.82, 2.24) is 0 Å². The molecule has 0 aliphatic heterocycles. The highest BCUT2D eigenvalue weighted by Gasteiger charge is 1.50. The Hall–Kier alpha value is -1.51. The number of hydrogen-bond donors (Lipinski definition) is 2. The minimum atomic E-state index is 0. The average molecular weight is 232 g/mol. The van der Waals surface area contributed by atoms with Gasteiger partial charge in [0.25, 0.3) is 0 Å². The van der Waals surface area contributed by atoms with E-state index in [9.17, 15) is 0 Å². The van der Waals surface area contributed by atoms with Gasteiger partial charge in [0.1, 0.15) is 6.29 Å². The van der Waals surface area contributed by atoms with Crippen LogP contribution in [0.2, 0.25) is 0 Å². The Morgan fingerprint density at radius 3 is 1.38 bits per heavy atom. The first-order valence-electron chi connectivity index (χ1n) is 4.41. The third kappa shape index (κ3) is 135. The molecule has 0 unspecified atom stereocenters. The first-order valence-corrected chi connectivity index (χ1v) is 4.41. The lowest BCUT2D eigenvalue weighted by atomic mass is 10.5. The quantitative estimate of drug-likeness (QED) is 0.317. The van der Waals surface area contributed by atoms with Crippen LogP contribution in [0.15, 0.2) is 36.8 Å². The minimum Gasteiger partial charge on any atom is -0.516 e. The minimum absolute atomic E-state index is 0. The summed E-state index contributed by atoms with van der Waals surface area (Å²) < 4.78 is 0. The van der Waals surface area contributed by atoms with Gasteiger partial charge in [0.15, 0.2) is 0 Å². The summed E-state index contributed by atoms with van der Waals surface area (Å²) in [4.78, 5) is 9.16. The maximum Gasteiger partial charge on any atom is 0.145 e. The Morgan fingerprint density at radius 2 is 1.31 bits per heavy atom. The number of aldehydes is 1. The lowest BCUT2D eigenvalue weighted by molar-refractivity contribution is -0.104. The van der Waals surface area contributed by atoms with Crippen LogP contribution in [0.4, 0.5) is 0 Å². The van der Waals surface area contributed by atoms with Crippen LogP contribution in [0.5, 0.6) is 0 Å². The highest BCUT2D eigenvalue weighted by Crippen LogP contribution is 1.69. The van der Waals surface area contributed by atoms with Gasteiger partial charge >= 0.3 is 0 Å². The van der Waals surface area contributed by atoms with E-state index in [0.29, 0.717) is 12.5 Å². The molecule has 16 heavy (non-hydrogen) atoms. The summed E-state index contributed by atoms with van der Waals surface area (Å²) >= 11 is 0. The van der Waals surface area contributed by atoms with E-state index in [1.165, 1.54) is 6.42 Å². The number of carbonyl (C=O) groups is 1. The van der Waals surface area contributed by atoms with Crippen molar-refractivity contribution in [3.05, 3.63) is 36.8 Å². The SMILES string of the molecule is C.C.C/C=C/C=C\O.CCC.O=C/C=C\O. The number of allylic oxidation sites excluding steroid dienone is 4. The molecule has 3 nitrogen and oxygen atoms in total. The van der Waals surface area contributed by atoms with Crippen molar-refractivity contribution in [3.63, 3.8) is 0 Å². The second-order valence-electron chi connectivity index (χ2n) is 2.05. The highest BCUT2D eigenvalue weighted by molar-refractivity contribution is 5.63. The van der Waals surface area contributed by atoms with Crippen LogP contribution in [0, 0.1) is 0 Å². The molecule has 0 amide bonds. The molecule has 0 aliphatic rings. The van der Waals surface area contributed by atoms with E-state index >= 15 is 0 Å². The summed E-state index contributed by atoms with van der Waals surface area (Å²) in [6, 6.07) is 0. The van der Waals surface area contributed by atoms with E-state index in [1.54, 1.807) is 12.2 Å². The zero-order valence-corrected chi connectivity index (χ0v) is 9.05. The number of aliphatic hydroxyl groups is 2. The summed E-state index contributed by atoms with van der Waals surface area (Å²) in [5, 5.41) is 15.6. The third-order valence-electron chi connectivity index (χ3n) is 0.554. The monoisotopic (exact) mass is 232 g/mol. The molecule has 0 saturated heterocycles. The van der Waals surface area contributed by atoms with E-state index in [0.717, 1.165) is 12.3 Å². The number of rotatable bonds is 2. The molecular formula is C13H28O3. The lowest BCUT2D eigenvalue weighted by Crippen LogP contribution is -1.53. The van der Waals surface area contributed by atoms with Gasteiger partial charge in [-0.15, -0.1) is 0 Å². The van der Waals surface area contributed by atoms with Crippen LogP contribution < -0.4 is 0 Å². The smallest absolute Gasteiger partial charge is 0.145 e. The molecule has 0 spiro atoms. The molecule has 0 heterocycles. The highest BCUT2D eigenvalue weighted by atomic mass is 16.2. The molecule has 0 aromatic carbocycles. The molecule has 0 atom stereocenters. The molecule has 0 radical (unpaired) electrons. The van der Waals surface area contributed by atoms with Crippen LogP contribution in [0.25, 0.3) is 0 Å². The molecule has 0 rings (SSSR count). The summed E-state index contributed by atoms with van der Waals surface area (Å²) in [5.74, 6) is 0. The van der Waals surface area contributed by atoms with Gasteiger partial charge in [-0.3, -0.25) is 4.79 Å². The summed E-state index contributed by atoms with van der Waals surface area (Å²) in [6.45, 7) is 6.14. The van der Waals surface area contributed by atoms with Gasteiger partial charge in [-0.05, 0) is 13.0 Å². The molecule has 0 aromatic heterocycles. The van der Waals surface area contributed by atoms with Crippen LogP contribution in [0.1, 0.15) is 42.0 Å². The van der Waals surface area contributed by atoms with Crippen molar-refractivity contribution in [1.29, 1.82) is 0 Å². The Bertz CT molecular complexity index is 149. The zero-order chi connectivity index (χ0) is 11.7. The molecule has 0 bridgehead atoms. The first kappa shape index (κ1) is 29.3. The van der Waals surface area contributed by atoms with Gasteiger partial charge in [-0.25, -0.2) is 0 Å². The Labute approximate surface area is 101 Å². The van der Waals surface area contributed by atoms with Gasteiger partial charge in [0, 0.05) is 6.08 Å². The second-order valence-corrected chi connectivity index (χ2v) is 2.05. The molecule has 0 aliphatic carbocycles. The van der Waals surface area contributed by atoms with Gasteiger partial charge in [-0.2, -0.15) is 0 Å². The van der Waals surface area contributed by atoms with Crippen molar-refractivity contribution in [3.8, 4) is 0 Å². The Morgan fingerprint density at radius 1 is 0.938 bits per heavy atom. The van der Waals surface area contributed by atoms with Crippen molar-refractivity contribution in [2.24, 2.45) is 0 Å².